The van der Waals surface area contributed by atoms with E-state index < -0.39 is 21.9 Å². The van der Waals surface area contributed by atoms with E-state index in [-0.39, 0.29) is 50.0 Å². The fraction of sp³-hybridized carbons (Fsp3) is 0.120. The number of nitrogens with two attached hydrogens (primary N) is 1. The highest BCUT2D eigenvalue weighted by Crippen LogP contribution is 2.41. The van der Waals surface area contributed by atoms with Gasteiger partial charge in [-0.1, -0.05) is 29.3 Å². The van der Waals surface area contributed by atoms with Crippen molar-refractivity contribution in [2.45, 2.75) is 11.3 Å². The van der Waals surface area contributed by atoms with E-state index in [0.717, 1.165) is 0 Å². The minimum atomic E-state index is -4.25. The number of hydrogen-bond donors (Lipinski definition) is 3. The van der Waals surface area contributed by atoms with E-state index in [0.29, 0.717) is 16.5 Å². The molecule has 1 amide bonds. The second-order valence-electron chi connectivity index (χ2n) is 7.97. The number of aromatic amines is 1. The van der Waals surface area contributed by atoms with Gasteiger partial charge in [0, 0.05) is 15.9 Å². The number of esters is 1. The lowest BCUT2D eigenvalue weighted by atomic mass is 10.1. The number of anilines is 1. The number of primary amides is 1. The maximum atomic E-state index is 13.4. The van der Waals surface area contributed by atoms with Crippen LogP contribution in [-0.2, 0) is 26.0 Å². The van der Waals surface area contributed by atoms with Crippen molar-refractivity contribution in [2.75, 3.05) is 18.9 Å². The first-order valence-corrected chi connectivity index (χ1v) is 13.1. The zero-order chi connectivity index (χ0) is 27.6. The molecule has 198 valence electrons. The monoisotopic (exact) mass is 577 g/mol. The SMILES string of the molecule is COC(=O)Cc1ccc(Oc2ccc3[nH]c(C(N)=O)cc3c2NS(=O)(=O)c2ccc(Cl)cc2Cl)c(OC)c1. The van der Waals surface area contributed by atoms with Crippen molar-refractivity contribution in [2.24, 2.45) is 5.73 Å². The van der Waals surface area contributed by atoms with Crippen LogP contribution in [0.1, 0.15) is 16.1 Å². The molecule has 0 saturated carbocycles. The lowest BCUT2D eigenvalue weighted by Crippen LogP contribution is -2.14. The number of nitrogens with one attached hydrogen (secondary N) is 2. The molecule has 0 aliphatic rings. The molecule has 0 spiro atoms. The van der Waals surface area contributed by atoms with Crippen molar-refractivity contribution < 1.29 is 32.2 Å². The number of rotatable bonds is 9. The van der Waals surface area contributed by atoms with Crippen LogP contribution >= 0.6 is 23.2 Å². The van der Waals surface area contributed by atoms with E-state index in [1.807, 2.05) is 0 Å². The van der Waals surface area contributed by atoms with E-state index in [4.69, 9.17) is 43.1 Å². The number of carbonyl (C=O) groups excluding carboxylic acids is 2. The molecule has 38 heavy (non-hydrogen) atoms. The fourth-order valence-electron chi connectivity index (χ4n) is 3.65. The van der Waals surface area contributed by atoms with Gasteiger partial charge in [0.25, 0.3) is 15.9 Å². The molecule has 0 unspecified atom stereocenters. The van der Waals surface area contributed by atoms with Crippen LogP contribution in [0.3, 0.4) is 0 Å². The molecular formula is C25H21Cl2N3O7S. The summed E-state index contributed by atoms with van der Waals surface area (Å²) < 4.78 is 45.4. The molecule has 1 heterocycles. The highest BCUT2D eigenvalue weighted by molar-refractivity contribution is 7.92. The number of carbonyl (C=O) groups is 2. The third-order valence-electron chi connectivity index (χ3n) is 5.47. The standard InChI is InChI=1S/C25H21Cl2N3O7S/c1-35-21-9-13(10-23(31)36-2)3-6-19(21)37-20-7-5-17-15(12-18(29-17)25(28)32)24(20)30-38(33,34)22-8-4-14(26)11-16(22)27/h3-9,11-12,29-30H,10H2,1-2H3,(H2,28,32). The van der Waals surface area contributed by atoms with Crippen LogP contribution in [0.15, 0.2) is 59.5 Å². The number of sulfonamides is 1. The Morgan fingerprint density at radius 1 is 0.974 bits per heavy atom. The quantitative estimate of drug-likeness (QED) is 0.239. The Hall–Kier alpha value is -3.93. The van der Waals surface area contributed by atoms with Crippen LogP contribution in [0.25, 0.3) is 10.9 Å². The largest absolute Gasteiger partial charge is 0.493 e. The molecule has 0 fully saturated rings. The first-order valence-electron chi connectivity index (χ1n) is 10.9. The lowest BCUT2D eigenvalue weighted by Gasteiger charge is -2.17. The first kappa shape index (κ1) is 27.1. The van der Waals surface area contributed by atoms with E-state index in [9.17, 15) is 18.0 Å². The van der Waals surface area contributed by atoms with Gasteiger partial charge in [0.05, 0.1) is 25.7 Å². The molecule has 0 aliphatic carbocycles. The van der Waals surface area contributed by atoms with Crippen LogP contribution in [0.4, 0.5) is 5.69 Å². The lowest BCUT2D eigenvalue weighted by molar-refractivity contribution is -0.139. The normalized spacial score (nSPS) is 11.3. The smallest absolute Gasteiger partial charge is 0.309 e. The predicted octanol–water partition coefficient (Wildman–Crippen LogP) is 4.89. The van der Waals surface area contributed by atoms with Gasteiger partial charge in [-0.2, -0.15) is 0 Å². The van der Waals surface area contributed by atoms with E-state index in [2.05, 4.69) is 9.71 Å². The fourth-order valence-corrected chi connectivity index (χ4v) is 5.52. The molecular weight excluding hydrogens is 557 g/mol. The topological polar surface area (TPSA) is 150 Å². The Morgan fingerprint density at radius 3 is 2.37 bits per heavy atom. The molecule has 0 saturated heterocycles. The van der Waals surface area contributed by atoms with Crippen molar-refractivity contribution >= 4 is 61.7 Å². The second kappa shape index (κ2) is 10.8. The molecule has 0 radical (unpaired) electrons. The van der Waals surface area contributed by atoms with Gasteiger partial charge < -0.3 is 24.9 Å². The van der Waals surface area contributed by atoms with Crippen LogP contribution in [-0.4, -0.2) is 39.5 Å². The third kappa shape index (κ3) is 5.64. The van der Waals surface area contributed by atoms with Crippen LogP contribution < -0.4 is 19.9 Å². The summed E-state index contributed by atoms with van der Waals surface area (Å²) in [6, 6.07) is 13.3. The Labute approximate surface area is 227 Å². The van der Waals surface area contributed by atoms with Gasteiger partial charge in [-0.3, -0.25) is 14.3 Å². The Bertz CT molecular complexity index is 1670. The second-order valence-corrected chi connectivity index (χ2v) is 10.5. The molecule has 4 N–H and O–H groups in total. The molecule has 0 aliphatic heterocycles. The number of amides is 1. The zero-order valence-corrected chi connectivity index (χ0v) is 22.3. The molecule has 10 nitrogen and oxygen atoms in total. The number of benzene rings is 3. The number of aromatic nitrogens is 1. The summed E-state index contributed by atoms with van der Waals surface area (Å²) in [5.41, 5.74) is 6.53. The molecule has 0 atom stereocenters. The van der Waals surface area contributed by atoms with Crippen LogP contribution in [0.5, 0.6) is 17.2 Å². The number of H-pyrrole nitrogens is 1. The number of methoxy groups -OCH3 is 2. The van der Waals surface area contributed by atoms with Gasteiger partial charge in [0.15, 0.2) is 17.2 Å². The summed E-state index contributed by atoms with van der Waals surface area (Å²) in [7, 11) is -1.54. The first-order chi connectivity index (χ1) is 18.0. The minimum absolute atomic E-state index is 0.0120. The third-order valence-corrected chi connectivity index (χ3v) is 7.54. The summed E-state index contributed by atoms with van der Waals surface area (Å²) in [5, 5.41) is 0.486. The van der Waals surface area contributed by atoms with Gasteiger partial charge in [0.2, 0.25) is 0 Å². The van der Waals surface area contributed by atoms with Crippen molar-refractivity contribution in [3.05, 3.63) is 75.9 Å². The summed E-state index contributed by atoms with van der Waals surface area (Å²) in [5.74, 6) is -0.563. The Balaban J connectivity index is 1.82. The molecule has 3 aromatic carbocycles. The highest BCUT2D eigenvalue weighted by Gasteiger charge is 2.24. The Morgan fingerprint density at radius 2 is 1.71 bits per heavy atom. The number of ether oxygens (including phenoxy) is 3. The molecule has 4 aromatic rings. The average Bonchev–Trinajstić information content (AvgIpc) is 3.31. The average molecular weight is 578 g/mol. The molecule has 4 rings (SSSR count). The summed E-state index contributed by atoms with van der Waals surface area (Å²) in [4.78, 5) is 26.1. The highest BCUT2D eigenvalue weighted by atomic mass is 35.5. The van der Waals surface area contributed by atoms with Crippen LogP contribution in [0, 0.1) is 0 Å². The van der Waals surface area contributed by atoms with Crippen LogP contribution in [0.2, 0.25) is 10.0 Å². The number of fused-ring (bicyclic) bond motifs is 1. The predicted molar refractivity (Wildman–Crippen MR) is 143 cm³/mol. The van der Waals surface area contributed by atoms with Gasteiger partial charge in [-0.15, -0.1) is 0 Å². The molecule has 1 aromatic heterocycles. The zero-order valence-electron chi connectivity index (χ0n) is 20.0. The van der Waals surface area contributed by atoms with E-state index in [1.54, 1.807) is 24.3 Å². The van der Waals surface area contributed by atoms with Crippen molar-refractivity contribution in [3.8, 4) is 17.2 Å². The summed E-state index contributed by atoms with van der Waals surface area (Å²) >= 11 is 12.1. The van der Waals surface area contributed by atoms with Gasteiger partial charge >= 0.3 is 5.97 Å². The maximum absolute atomic E-state index is 13.4. The molecule has 13 heteroatoms. The van der Waals surface area contributed by atoms with E-state index in [1.165, 1.54) is 44.6 Å². The van der Waals surface area contributed by atoms with Gasteiger partial charge in [0.1, 0.15) is 16.3 Å². The van der Waals surface area contributed by atoms with Gasteiger partial charge in [-0.25, -0.2) is 8.42 Å². The van der Waals surface area contributed by atoms with Crippen molar-refractivity contribution in [3.63, 3.8) is 0 Å². The number of hydrogen-bond acceptors (Lipinski definition) is 7. The summed E-state index contributed by atoms with van der Waals surface area (Å²) in [6.07, 6.45) is 0.0191. The maximum Gasteiger partial charge on any atom is 0.309 e. The number of halogens is 2. The van der Waals surface area contributed by atoms with Gasteiger partial charge in [-0.05, 0) is 54.1 Å². The minimum Gasteiger partial charge on any atom is -0.493 e. The van der Waals surface area contributed by atoms with Crippen molar-refractivity contribution in [1.82, 2.24) is 4.98 Å². The van der Waals surface area contributed by atoms with E-state index >= 15 is 0 Å². The Kier molecular flexibility index (Phi) is 7.72. The molecule has 0 bridgehead atoms. The summed E-state index contributed by atoms with van der Waals surface area (Å²) in [6.45, 7) is 0. The van der Waals surface area contributed by atoms with Crippen molar-refractivity contribution in [1.29, 1.82) is 0 Å².